The first-order valence-electron chi connectivity index (χ1n) is 8.98. The number of hydrogen-bond donors (Lipinski definition) is 2. The average Bonchev–Trinajstić information content (AvgIpc) is 3.17. The fourth-order valence-electron chi connectivity index (χ4n) is 3.09. The van der Waals surface area contributed by atoms with Crippen LogP contribution in [0.4, 0.5) is 11.6 Å². The minimum atomic E-state index is -0.300. The zero-order chi connectivity index (χ0) is 20.4. The largest absolute Gasteiger partial charge is 0.484 e. The first-order valence-corrected chi connectivity index (χ1v) is 9.35. The molecule has 0 unspecified atom stereocenters. The number of anilines is 2. The molecule has 0 spiro atoms. The predicted octanol–water partition coefficient (Wildman–Crippen LogP) is 3.19. The van der Waals surface area contributed by atoms with Gasteiger partial charge in [0, 0.05) is 10.7 Å². The van der Waals surface area contributed by atoms with Gasteiger partial charge in [-0.1, -0.05) is 29.8 Å². The molecule has 1 aromatic heterocycles. The smallest absolute Gasteiger partial charge is 0.262 e. The highest BCUT2D eigenvalue weighted by Crippen LogP contribution is 2.30. The highest BCUT2D eigenvalue weighted by atomic mass is 35.5. The highest BCUT2D eigenvalue weighted by molar-refractivity contribution is 6.31. The van der Waals surface area contributed by atoms with Crippen LogP contribution in [0.5, 0.6) is 5.75 Å². The predicted molar refractivity (Wildman–Crippen MR) is 108 cm³/mol. The Balaban J connectivity index is 1.42. The van der Waals surface area contributed by atoms with E-state index in [2.05, 4.69) is 20.7 Å². The quantitative estimate of drug-likeness (QED) is 0.671. The number of nitrogens with one attached hydrogen (secondary N) is 2. The number of nitrogens with zero attached hydrogens (tertiary/aromatic N) is 3. The van der Waals surface area contributed by atoms with Crippen molar-refractivity contribution in [1.82, 2.24) is 14.8 Å². The van der Waals surface area contributed by atoms with Crippen LogP contribution in [0.1, 0.15) is 23.6 Å². The molecule has 0 radical (unpaired) electrons. The van der Waals surface area contributed by atoms with E-state index in [4.69, 9.17) is 16.3 Å². The van der Waals surface area contributed by atoms with Gasteiger partial charge < -0.3 is 10.1 Å². The minimum absolute atomic E-state index is 0.127. The molecule has 0 saturated heterocycles. The Morgan fingerprint density at radius 2 is 2.21 bits per heavy atom. The van der Waals surface area contributed by atoms with Gasteiger partial charge >= 0.3 is 0 Å². The zero-order valence-electron chi connectivity index (χ0n) is 15.6. The van der Waals surface area contributed by atoms with Gasteiger partial charge in [0.25, 0.3) is 5.91 Å². The molecule has 0 bridgehead atoms. The van der Waals surface area contributed by atoms with E-state index in [0.29, 0.717) is 22.4 Å². The van der Waals surface area contributed by atoms with E-state index >= 15 is 0 Å². The van der Waals surface area contributed by atoms with E-state index in [1.807, 2.05) is 25.1 Å². The summed E-state index contributed by atoms with van der Waals surface area (Å²) in [6.07, 6.45) is 1.64. The van der Waals surface area contributed by atoms with Gasteiger partial charge in [0.05, 0.1) is 12.5 Å². The normalized spacial score (nSPS) is 15.4. The first kappa shape index (κ1) is 18.9. The lowest BCUT2D eigenvalue weighted by Gasteiger charge is -2.24. The summed E-state index contributed by atoms with van der Waals surface area (Å²) >= 11 is 6.08. The van der Waals surface area contributed by atoms with Crippen LogP contribution in [0.25, 0.3) is 0 Å². The monoisotopic (exact) mass is 411 g/mol. The number of ether oxygens (including phenoxy) is 1. The van der Waals surface area contributed by atoms with Crippen molar-refractivity contribution in [2.24, 2.45) is 0 Å². The number of carbonyl (C=O) groups is 2. The lowest BCUT2D eigenvalue weighted by Crippen LogP contribution is -2.29. The van der Waals surface area contributed by atoms with Crippen molar-refractivity contribution < 1.29 is 14.3 Å². The number of benzene rings is 2. The van der Waals surface area contributed by atoms with Gasteiger partial charge in [0.15, 0.2) is 6.61 Å². The van der Waals surface area contributed by atoms with E-state index in [0.717, 1.165) is 11.1 Å². The van der Waals surface area contributed by atoms with Crippen LogP contribution in [-0.2, 0) is 9.59 Å². The third-order valence-electron chi connectivity index (χ3n) is 4.57. The first-order chi connectivity index (χ1) is 14.0. The maximum Gasteiger partial charge on any atom is 0.262 e. The van der Waals surface area contributed by atoms with Gasteiger partial charge in [-0.25, -0.2) is 4.68 Å². The second kappa shape index (κ2) is 7.92. The highest BCUT2D eigenvalue weighted by Gasteiger charge is 2.27. The Bertz CT molecular complexity index is 1080. The second-order valence-corrected chi connectivity index (χ2v) is 7.08. The maximum absolute atomic E-state index is 12.2. The van der Waals surface area contributed by atoms with Crippen LogP contribution < -0.4 is 15.4 Å². The number of aromatic nitrogens is 3. The van der Waals surface area contributed by atoms with Crippen molar-refractivity contribution in [2.75, 3.05) is 17.2 Å². The van der Waals surface area contributed by atoms with Gasteiger partial charge in [0.1, 0.15) is 12.1 Å². The van der Waals surface area contributed by atoms with Crippen LogP contribution in [0.15, 0.2) is 48.8 Å². The second-order valence-electron chi connectivity index (χ2n) is 6.67. The third-order valence-corrected chi connectivity index (χ3v) is 4.97. The summed E-state index contributed by atoms with van der Waals surface area (Å²) in [5.41, 5.74) is 2.38. The lowest BCUT2D eigenvalue weighted by atomic mass is 10.0. The molecule has 1 atom stereocenters. The molecular weight excluding hydrogens is 394 g/mol. The van der Waals surface area contributed by atoms with Gasteiger partial charge in [0.2, 0.25) is 11.9 Å². The Kier molecular flexibility index (Phi) is 5.18. The molecule has 3 aromatic rings. The Hall–Kier alpha value is -3.39. The number of aryl methyl sites for hydroxylation is 1. The molecule has 8 nitrogen and oxygen atoms in total. The minimum Gasteiger partial charge on any atom is -0.484 e. The van der Waals surface area contributed by atoms with Gasteiger partial charge in [-0.2, -0.15) is 10.1 Å². The van der Waals surface area contributed by atoms with E-state index in [1.165, 1.54) is 6.33 Å². The van der Waals surface area contributed by atoms with Gasteiger partial charge in [-0.15, -0.1) is 0 Å². The molecule has 1 aliphatic rings. The fourth-order valence-corrected chi connectivity index (χ4v) is 3.27. The number of amides is 2. The zero-order valence-corrected chi connectivity index (χ0v) is 16.3. The van der Waals surface area contributed by atoms with E-state index in [-0.39, 0.29) is 30.9 Å². The Morgan fingerprint density at radius 1 is 1.34 bits per heavy atom. The topological polar surface area (TPSA) is 98.1 Å². The van der Waals surface area contributed by atoms with Crippen molar-refractivity contribution in [2.45, 2.75) is 19.4 Å². The standard InChI is InChI=1S/C20H18ClN5O3/c1-12-5-6-14(8-16(12)21)24-19(28)10-29-15-4-2-3-13(7-15)17-9-18(27)25-20-22-11-23-26(17)20/h2-8,11,17H,9-10H2,1H3,(H,24,28)(H,22,23,25,27)/t17-/m0/s1. The van der Waals surface area contributed by atoms with Crippen molar-refractivity contribution in [3.05, 3.63) is 64.9 Å². The summed E-state index contributed by atoms with van der Waals surface area (Å²) in [6, 6.07) is 12.3. The maximum atomic E-state index is 12.2. The number of fused-ring (bicyclic) bond motifs is 1. The van der Waals surface area contributed by atoms with Crippen molar-refractivity contribution >= 4 is 35.1 Å². The van der Waals surface area contributed by atoms with Crippen molar-refractivity contribution in [3.63, 3.8) is 0 Å². The molecule has 0 saturated carbocycles. The molecular formula is C20H18ClN5O3. The Morgan fingerprint density at radius 3 is 3.03 bits per heavy atom. The summed E-state index contributed by atoms with van der Waals surface area (Å²) in [4.78, 5) is 28.2. The Labute approximate surface area is 171 Å². The average molecular weight is 412 g/mol. The molecule has 148 valence electrons. The number of halogens is 1. The molecule has 9 heteroatoms. The molecule has 0 aliphatic carbocycles. The van der Waals surface area contributed by atoms with E-state index in [1.54, 1.807) is 28.9 Å². The molecule has 1 aliphatic heterocycles. The third kappa shape index (κ3) is 4.22. The van der Waals surface area contributed by atoms with E-state index in [9.17, 15) is 9.59 Å². The SMILES string of the molecule is Cc1ccc(NC(=O)COc2cccc([C@@H]3CC(=O)Nc4ncnn43)c2)cc1Cl. The lowest BCUT2D eigenvalue weighted by molar-refractivity contribution is -0.118. The number of rotatable bonds is 5. The summed E-state index contributed by atoms with van der Waals surface area (Å²) in [5.74, 6) is 0.504. The van der Waals surface area contributed by atoms with Crippen molar-refractivity contribution in [1.29, 1.82) is 0 Å². The van der Waals surface area contributed by atoms with Crippen LogP contribution >= 0.6 is 11.6 Å². The van der Waals surface area contributed by atoms with Gasteiger partial charge in [-0.3, -0.25) is 14.9 Å². The van der Waals surface area contributed by atoms with Crippen LogP contribution in [0.3, 0.4) is 0 Å². The molecule has 2 N–H and O–H groups in total. The van der Waals surface area contributed by atoms with Crippen LogP contribution in [-0.4, -0.2) is 33.2 Å². The molecule has 2 heterocycles. The van der Waals surface area contributed by atoms with Crippen LogP contribution in [0.2, 0.25) is 5.02 Å². The van der Waals surface area contributed by atoms with Gasteiger partial charge in [-0.05, 0) is 42.3 Å². The molecule has 29 heavy (non-hydrogen) atoms. The van der Waals surface area contributed by atoms with Crippen molar-refractivity contribution in [3.8, 4) is 5.75 Å². The molecule has 0 fully saturated rings. The molecule has 4 rings (SSSR count). The van der Waals surface area contributed by atoms with E-state index < -0.39 is 0 Å². The summed E-state index contributed by atoms with van der Waals surface area (Å²) in [6.45, 7) is 1.73. The summed E-state index contributed by atoms with van der Waals surface area (Å²) < 4.78 is 7.29. The summed E-state index contributed by atoms with van der Waals surface area (Å²) in [5, 5.41) is 10.2. The fraction of sp³-hybridized carbons (Fsp3) is 0.200. The molecule has 2 aromatic carbocycles. The molecule has 2 amide bonds. The summed E-state index contributed by atoms with van der Waals surface area (Å²) in [7, 11) is 0. The van der Waals surface area contributed by atoms with Crippen LogP contribution in [0, 0.1) is 6.92 Å². The number of carbonyl (C=O) groups excluding carboxylic acids is 2. The number of hydrogen-bond acceptors (Lipinski definition) is 5.